The summed E-state index contributed by atoms with van der Waals surface area (Å²) in [5.41, 5.74) is 48.6. The van der Waals surface area contributed by atoms with E-state index in [-0.39, 0.29) is 85.1 Å². The van der Waals surface area contributed by atoms with Gasteiger partial charge in [-0.3, -0.25) is 0 Å². The SMILES string of the molecule is CC(C)(C)c1ccc(N2c3ccc(C(C)(C)C)cc3B3c4cc(C(C)(C)C)ccc4N(c4ccc(C(C)(C)CCC(C)(C)c5ccc6c(c5)B5c7cc(C(C)(C)C)ccc7N7c8ccc(C(C)(C)C)cc8B8c9cc(C(C)(C)C)ccc9N(c9ccc(C(C)(C)C)cc9)c9cc(c5c7c98)N6c5ccc(C(C)(C)C)cc5)cc4)c4cc(-n5c6ccc(C(C)(C)C)cc6c6cc(C(C)(C)C)ccc65)cc2c43)cc1. The molecular formula is C132H149B3N6. The van der Waals surface area contributed by atoms with Gasteiger partial charge in [0.25, 0.3) is 20.1 Å². The molecule has 0 amide bonds. The summed E-state index contributed by atoms with van der Waals surface area (Å²) in [4.78, 5) is 13.4. The van der Waals surface area contributed by atoms with Crippen LogP contribution in [0.25, 0.3) is 27.5 Å². The highest BCUT2D eigenvalue weighted by Gasteiger charge is 2.54. The Hall–Kier alpha value is -11.9. The second kappa shape index (κ2) is 31.8. The summed E-state index contributed by atoms with van der Waals surface area (Å²) in [6.45, 7) is 80.7. The van der Waals surface area contributed by atoms with E-state index >= 15 is 0 Å². The highest BCUT2D eigenvalue weighted by molar-refractivity contribution is 7.05. The zero-order chi connectivity index (χ0) is 101. The van der Waals surface area contributed by atoms with Crippen molar-refractivity contribution < 1.29 is 0 Å². The Labute approximate surface area is 846 Å². The number of nitrogens with zero attached hydrogens (tertiary/aromatic N) is 6. The molecular weight excluding hydrogens is 1700 g/mol. The first-order valence-corrected chi connectivity index (χ1v) is 52.5. The molecule has 6 aliphatic rings. The molecule has 21 rings (SSSR count). The van der Waals surface area contributed by atoms with Crippen molar-refractivity contribution in [2.24, 2.45) is 0 Å². The van der Waals surface area contributed by atoms with Gasteiger partial charge in [-0.2, -0.15) is 0 Å². The summed E-state index contributed by atoms with van der Waals surface area (Å²) in [6, 6.07) is 107. The van der Waals surface area contributed by atoms with Crippen LogP contribution < -0.4 is 73.7 Å². The highest BCUT2D eigenvalue weighted by atomic mass is 15.2. The predicted octanol–water partition coefficient (Wildman–Crippen LogP) is 30.6. The average Bonchev–Trinajstić information content (AvgIpc) is 0.727. The van der Waals surface area contributed by atoms with Crippen molar-refractivity contribution in [1.82, 2.24) is 4.57 Å². The van der Waals surface area contributed by atoms with Crippen LogP contribution in [0.1, 0.15) is 315 Å². The standard InChI is InChI=1S/C132H149B3N6/c1-121(2,3)80-35-51-92(52-36-80)136-107-61-45-86(126(16,17)18)71-99(107)133-100-72-87(127(19,20)21)46-62-108(100)137(114-78-96(77-113(136)117(114)133)140-105-59-43-84(124(10,11)12)69-97(105)98-70-85(125(13,14)15)44-60-106(98)140)95-57-41-83(42-58-95)131(31,32)67-68-132(33,34)91-50-66-110-104(76-91)135-103-75-90(130(28,29)30)49-65-112(103)141-111-64-48-89(129(25,26)27)74-102(111)134-101-73-88(128(22,23)24)47-63-109(101)138(93-53-37-81(38-54-93)122(4,5)6)115-79-116(119(135)120(141)118(115)134)139(110)94-55-39-82(40-56-94)123(7,8)9/h35-66,69-79H,67-68H2,1-34H3. The lowest BCUT2D eigenvalue weighted by atomic mass is 9.28. The molecule has 0 atom stereocenters. The molecule has 0 saturated heterocycles. The first-order chi connectivity index (χ1) is 65.7. The zero-order valence-electron chi connectivity index (χ0n) is 91.2. The Kier molecular flexibility index (Phi) is 21.5. The van der Waals surface area contributed by atoms with Gasteiger partial charge in [-0.15, -0.1) is 0 Å². The maximum absolute atomic E-state index is 2.76. The van der Waals surface area contributed by atoms with Gasteiger partial charge in [-0.1, -0.05) is 369 Å². The fourth-order valence-corrected chi connectivity index (χ4v) is 23.9. The van der Waals surface area contributed by atoms with Crippen molar-refractivity contribution in [1.29, 1.82) is 0 Å². The van der Waals surface area contributed by atoms with Crippen LogP contribution in [0.15, 0.2) is 261 Å². The van der Waals surface area contributed by atoms with Crippen LogP contribution in [0.4, 0.5) is 85.3 Å². The lowest BCUT2D eigenvalue weighted by molar-refractivity contribution is 0.375. The average molecular weight is 1850 g/mol. The maximum atomic E-state index is 2.76. The molecule has 14 aromatic carbocycles. The van der Waals surface area contributed by atoms with Crippen LogP contribution in [-0.4, -0.2) is 24.7 Å². The highest BCUT2D eigenvalue weighted by Crippen LogP contribution is 2.55. The first-order valence-electron chi connectivity index (χ1n) is 52.5. The minimum Gasteiger partial charge on any atom is -0.312 e. The summed E-state index contributed by atoms with van der Waals surface area (Å²) >= 11 is 0. The molecule has 0 bridgehead atoms. The molecule has 0 aliphatic carbocycles. The van der Waals surface area contributed by atoms with Crippen molar-refractivity contribution in [2.45, 2.75) is 313 Å². The maximum Gasteiger partial charge on any atom is 0.252 e. The number of benzene rings is 14. The predicted molar refractivity (Wildman–Crippen MR) is 617 cm³/mol. The second-order valence-electron chi connectivity index (χ2n) is 54.4. The number of aromatic nitrogens is 1. The van der Waals surface area contributed by atoms with Crippen molar-refractivity contribution in [3.05, 3.63) is 328 Å². The molecule has 0 radical (unpaired) electrons. The molecule has 7 heterocycles. The summed E-state index contributed by atoms with van der Waals surface area (Å²) in [5, 5.41) is 2.56. The van der Waals surface area contributed by atoms with Crippen LogP contribution in [0, 0.1) is 0 Å². The quantitative estimate of drug-likeness (QED) is 0.127. The molecule has 141 heavy (non-hydrogen) atoms. The Morgan fingerprint density at radius 1 is 0.170 bits per heavy atom. The van der Waals surface area contributed by atoms with E-state index in [1.807, 2.05) is 0 Å². The Morgan fingerprint density at radius 2 is 0.376 bits per heavy atom. The normalized spacial score (nSPS) is 14.8. The van der Waals surface area contributed by atoms with Gasteiger partial charge in [0.2, 0.25) is 0 Å². The van der Waals surface area contributed by atoms with Crippen LogP contribution in [0.3, 0.4) is 0 Å². The monoisotopic (exact) mass is 1850 g/mol. The van der Waals surface area contributed by atoms with E-state index in [1.165, 1.54) is 200 Å². The molecule has 0 N–H and O–H groups in total. The van der Waals surface area contributed by atoms with Gasteiger partial charge in [0, 0.05) is 96.1 Å². The lowest BCUT2D eigenvalue weighted by Crippen LogP contribution is -2.69. The lowest BCUT2D eigenvalue weighted by Gasteiger charge is -2.51. The van der Waals surface area contributed by atoms with E-state index in [0.29, 0.717) is 0 Å². The summed E-state index contributed by atoms with van der Waals surface area (Å²) in [6.07, 6.45) is 1.91. The fraction of sp³-hybridized carbons (Fsp3) is 0.364. The minimum atomic E-state index is -0.266. The van der Waals surface area contributed by atoms with Gasteiger partial charge in [-0.05, 0) is 321 Å². The molecule has 15 aromatic rings. The van der Waals surface area contributed by atoms with Gasteiger partial charge < -0.3 is 29.1 Å². The molecule has 0 fully saturated rings. The molecule has 716 valence electrons. The van der Waals surface area contributed by atoms with E-state index in [1.54, 1.807) is 0 Å². The third kappa shape index (κ3) is 15.8. The molecule has 1 aromatic heterocycles. The molecule has 0 spiro atoms. The van der Waals surface area contributed by atoms with Crippen molar-refractivity contribution >= 4 is 176 Å². The molecule has 9 heteroatoms. The zero-order valence-corrected chi connectivity index (χ0v) is 91.2. The summed E-state index contributed by atoms with van der Waals surface area (Å²) < 4.78 is 2.60. The van der Waals surface area contributed by atoms with Gasteiger partial charge >= 0.3 is 0 Å². The largest absolute Gasteiger partial charge is 0.312 e. The summed E-state index contributed by atoms with van der Waals surface area (Å²) in [5.74, 6) is 0. The van der Waals surface area contributed by atoms with Crippen LogP contribution >= 0.6 is 0 Å². The molecule has 6 aliphatic heterocycles. The van der Waals surface area contributed by atoms with E-state index in [2.05, 4.69) is 525 Å². The number of hydrogen-bond donors (Lipinski definition) is 0. The van der Waals surface area contributed by atoms with E-state index in [0.717, 1.165) is 41.3 Å². The van der Waals surface area contributed by atoms with Crippen LogP contribution in [0.5, 0.6) is 0 Å². The topological polar surface area (TPSA) is 21.1 Å². The van der Waals surface area contributed by atoms with Crippen molar-refractivity contribution in [3.63, 3.8) is 0 Å². The number of rotatable bonds is 10. The summed E-state index contributed by atoms with van der Waals surface area (Å²) in [7, 11) is 0. The third-order valence-electron chi connectivity index (χ3n) is 33.1. The van der Waals surface area contributed by atoms with Gasteiger partial charge in [-0.25, -0.2) is 0 Å². The van der Waals surface area contributed by atoms with Crippen LogP contribution in [-0.2, 0) is 65.0 Å². The first kappa shape index (κ1) is 95.3. The van der Waals surface area contributed by atoms with Gasteiger partial charge in [0.05, 0.1) is 16.7 Å². The Balaban J connectivity index is 0.727. The second-order valence-corrected chi connectivity index (χ2v) is 54.4. The van der Waals surface area contributed by atoms with Gasteiger partial charge in [0.1, 0.15) is 0 Å². The van der Waals surface area contributed by atoms with Crippen LogP contribution in [0.2, 0.25) is 0 Å². The smallest absolute Gasteiger partial charge is 0.252 e. The van der Waals surface area contributed by atoms with Crippen molar-refractivity contribution in [2.75, 3.05) is 24.5 Å². The van der Waals surface area contributed by atoms with Gasteiger partial charge in [0.15, 0.2) is 0 Å². The molecule has 0 unspecified atom stereocenters. The molecule has 0 saturated carbocycles. The third-order valence-corrected chi connectivity index (χ3v) is 33.1. The molecule has 6 nitrogen and oxygen atoms in total. The van der Waals surface area contributed by atoms with E-state index < -0.39 is 0 Å². The Morgan fingerprint density at radius 3 is 0.645 bits per heavy atom. The van der Waals surface area contributed by atoms with E-state index in [9.17, 15) is 0 Å². The fourth-order valence-electron chi connectivity index (χ4n) is 23.9. The number of anilines is 15. The number of hydrogen-bond acceptors (Lipinski definition) is 5. The Bertz CT molecular complexity index is 7530. The minimum absolute atomic E-state index is 0.0257. The number of fused-ring (bicyclic) bond motifs is 17. The van der Waals surface area contributed by atoms with E-state index in [4.69, 9.17) is 0 Å². The van der Waals surface area contributed by atoms with Crippen molar-refractivity contribution in [3.8, 4) is 5.69 Å².